The highest BCUT2D eigenvalue weighted by Crippen LogP contribution is 2.10. The molecule has 0 unspecified atom stereocenters. The molecule has 0 aliphatic carbocycles. The Morgan fingerprint density at radius 1 is 0.737 bits per heavy atom. The first kappa shape index (κ1) is 18.5. The largest absolute Gasteiger partial charge is 0.359 e. The predicted octanol–water partition coefficient (Wildman–Crippen LogP) is 4.92. The van der Waals surface area contributed by atoms with Crippen LogP contribution < -0.4 is 0 Å². The second-order valence-corrected chi connectivity index (χ2v) is 4.95. The van der Waals surface area contributed by atoms with Crippen LogP contribution in [0.25, 0.3) is 0 Å². The molecule has 0 saturated heterocycles. The van der Waals surface area contributed by atoms with E-state index in [1.165, 1.54) is 57.8 Å². The summed E-state index contributed by atoms with van der Waals surface area (Å²) >= 11 is 0. The van der Waals surface area contributed by atoms with Gasteiger partial charge in [-0.05, 0) is 12.8 Å². The van der Waals surface area contributed by atoms with E-state index in [0.717, 1.165) is 19.4 Å². The Hall–Kier alpha value is -0.520. The van der Waals surface area contributed by atoms with Crippen LogP contribution in [-0.2, 0) is 9.47 Å². The molecule has 0 saturated carbocycles. The minimum Gasteiger partial charge on any atom is -0.359 e. The Morgan fingerprint density at radius 3 is 1.89 bits per heavy atom. The zero-order chi connectivity index (χ0) is 14.0. The van der Waals surface area contributed by atoms with Crippen molar-refractivity contribution in [2.45, 2.75) is 77.6 Å². The molecule has 0 fully saturated rings. The number of hydrogen-bond donors (Lipinski definition) is 0. The molecule has 0 spiro atoms. The van der Waals surface area contributed by atoms with E-state index < -0.39 is 0 Å². The van der Waals surface area contributed by atoms with Crippen LogP contribution in [-0.4, -0.2) is 20.5 Å². The number of rotatable bonds is 13. The maximum absolute atomic E-state index is 5.25. The predicted molar refractivity (Wildman–Crippen MR) is 82.1 cm³/mol. The summed E-state index contributed by atoms with van der Waals surface area (Å²) in [5.41, 5.74) is 0. The van der Waals surface area contributed by atoms with Gasteiger partial charge in [0.15, 0.2) is 0 Å². The maximum Gasteiger partial charge on any atom is 0.146 e. The highest BCUT2D eigenvalue weighted by molar-refractivity contribution is 4.97. The van der Waals surface area contributed by atoms with Crippen LogP contribution in [0.5, 0.6) is 0 Å². The maximum atomic E-state index is 5.25. The molecule has 0 heterocycles. The lowest BCUT2D eigenvalue weighted by Crippen LogP contribution is -1.98. The molecule has 0 rings (SSSR count). The third kappa shape index (κ3) is 17.5. The summed E-state index contributed by atoms with van der Waals surface area (Å²) in [5, 5.41) is 0. The molecule has 2 heteroatoms. The van der Waals surface area contributed by atoms with Crippen LogP contribution in [0.4, 0.5) is 0 Å². The minimum absolute atomic E-state index is 0.433. The smallest absolute Gasteiger partial charge is 0.146 e. The summed E-state index contributed by atoms with van der Waals surface area (Å²) in [5.74, 6) is 6.33. The lowest BCUT2D eigenvalue weighted by molar-refractivity contribution is -0.0315. The second kappa shape index (κ2) is 17.5. The zero-order valence-electron chi connectivity index (χ0n) is 13.0. The Morgan fingerprint density at radius 2 is 1.32 bits per heavy atom. The van der Waals surface area contributed by atoms with E-state index in [4.69, 9.17) is 9.47 Å². The van der Waals surface area contributed by atoms with Crippen LogP contribution >= 0.6 is 0 Å². The molecule has 0 amide bonds. The van der Waals surface area contributed by atoms with Gasteiger partial charge in [0.25, 0.3) is 0 Å². The average molecular weight is 268 g/mol. The number of ether oxygens (including phenoxy) is 2. The second-order valence-electron chi connectivity index (χ2n) is 4.95. The van der Waals surface area contributed by atoms with E-state index in [1.54, 1.807) is 7.11 Å². The molecule has 0 atom stereocenters. The van der Waals surface area contributed by atoms with E-state index >= 15 is 0 Å². The first-order valence-corrected chi connectivity index (χ1v) is 7.94. The monoisotopic (exact) mass is 268 g/mol. The van der Waals surface area contributed by atoms with E-state index in [9.17, 15) is 0 Å². The molecule has 0 radical (unpaired) electrons. The summed E-state index contributed by atoms with van der Waals surface area (Å²) in [6.07, 6.45) is 14.1. The third-order valence-corrected chi connectivity index (χ3v) is 3.09. The SMILES string of the molecule is CCC#CCCCCCCCCCCCOCOC. The van der Waals surface area contributed by atoms with Gasteiger partial charge < -0.3 is 9.47 Å². The Labute approximate surface area is 120 Å². The highest BCUT2D eigenvalue weighted by atomic mass is 16.7. The molecule has 0 aliphatic heterocycles. The number of hydrogen-bond acceptors (Lipinski definition) is 2. The summed E-state index contributed by atoms with van der Waals surface area (Å²) in [7, 11) is 1.66. The Balaban J connectivity index is 2.95. The summed E-state index contributed by atoms with van der Waals surface area (Å²) in [4.78, 5) is 0. The molecule has 0 aliphatic rings. The van der Waals surface area contributed by atoms with Gasteiger partial charge in [-0.25, -0.2) is 0 Å². The molecule has 0 N–H and O–H groups in total. The lowest BCUT2D eigenvalue weighted by Gasteiger charge is -2.03. The van der Waals surface area contributed by atoms with Gasteiger partial charge in [0.05, 0.1) is 0 Å². The van der Waals surface area contributed by atoms with Gasteiger partial charge in [-0.1, -0.05) is 51.9 Å². The van der Waals surface area contributed by atoms with Crippen LogP contribution in [0.15, 0.2) is 0 Å². The molecular formula is C17H32O2. The van der Waals surface area contributed by atoms with Gasteiger partial charge in [0, 0.05) is 26.6 Å². The van der Waals surface area contributed by atoms with E-state index in [0.29, 0.717) is 6.79 Å². The fourth-order valence-corrected chi connectivity index (χ4v) is 2.01. The van der Waals surface area contributed by atoms with Crippen molar-refractivity contribution < 1.29 is 9.47 Å². The first-order valence-electron chi connectivity index (χ1n) is 7.94. The Kier molecular flexibility index (Phi) is 17.0. The van der Waals surface area contributed by atoms with Gasteiger partial charge >= 0.3 is 0 Å². The van der Waals surface area contributed by atoms with Crippen molar-refractivity contribution in [3.8, 4) is 11.8 Å². The van der Waals surface area contributed by atoms with Crippen molar-refractivity contribution in [1.82, 2.24) is 0 Å². The third-order valence-electron chi connectivity index (χ3n) is 3.09. The van der Waals surface area contributed by atoms with E-state index in [-0.39, 0.29) is 0 Å². The van der Waals surface area contributed by atoms with Crippen LogP contribution in [0, 0.1) is 11.8 Å². The van der Waals surface area contributed by atoms with Crippen molar-refractivity contribution in [2.24, 2.45) is 0 Å². The van der Waals surface area contributed by atoms with Crippen LogP contribution in [0.2, 0.25) is 0 Å². The Bertz CT molecular complexity index is 215. The van der Waals surface area contributed by atoms with Crippen molar-refractivity contribution in [1.29, 1.82) is 0 Å². The summed E-state index contributed by atoms with van der Waals surface area (Å²) in [6.45, 7) is 3.38. The van der Waals surface area contributed by atoms with Crippen molar-refractivity contribution >= 4 is 0 Å². The molecule has 0 aromatic carbocycles. The molecule has 0 bridgehead atoms. The van der Waals surface area contributed by atoms with E-state index in [1.807, 2.05) is 0 Å². The normalized spacial score (nSPS) is 10.2. The van der Waals surface area contributed by atoms with Gasteiger partial charge in [-0.15, -0.1) is 11.8 Å². The van der Waals surface area contributed by atoms with Gasteiger partial charge in [-0.3, -0.25) is 0 Å². The molecule has 112 valence electrons. The summed E-state index contributed by atoms with van der Waals surface area (Å²) < 4.78 is 10.1. The van der Waals surface area contributed by atoms with Crippen molar-refractivity contribution in [3.63, 3.8) is 0 Å². The van der Waals surface area contributed by atoms with Crippen LogP contribution in [0.3, 0.4) is 0 Å². The fraction of sp³-hybridized carbons (Fsp3) is 0.882. The zero-order valence-corrected chi connectivity index (χ0v) is 13.0. The first-order chi connectivity index (χ1) is 9.41. The highest BCUT2D eigenvalue weighted by Gasteiger charge is 1.93. The standard InChI is InChI=1S/C17H32O2/c1-3-4-5-6-7-8-9-10-11-12-13-14-15-16-19-17-18-2/h3,6-17H2,1-2H3. The fourth-order valence-electron chi connectivity index (χ4n) is 2.01. The van der Waals surface area contributed by atoms with E-state index in [2.05, 4.69) is 18.8 Å². The topological polar surface area (TPSA) is 18.5 Å². The average Bonchev–Trinajstić information content (AvgIpc) is 2.43. The summed E-state index contributed by atoms with van der Waals surface area (Å²) in [6, 6.07) is 0. The lowest BCUT2D eigenvalue weighted by atomic mass is 10.1. The minimum atomic E-state index is 0.433. The number of methoxy groups -OCH3 is 1. The van der Waals surface area contributed by atoms with Gasteiger partial charge in [0.2, 0.25) is 0 Å². The molecular weight excluding hydrogens is 236 g/mol. The quantitative estimate of drug-likeness (QED) is 0.268. The molecule has 19 heavy (non-hydrogen) atoms. The van der Waals surface area contributed by atoms with Crippen molar-refractivity contribution in [3.05, 3.63) is 0 Å². The van der Waals surface area contributed by atoms with Gasteiger partial charge in [-0.2, -0.15) is 0 Å². The molecule has 2 nitrogen and oxygen atoms in total. The van der Waals surface area contributed by atoms with Crippen LogP contribution in [0.1, 0.15) is 77.6 Å². The molecule has 0 aromatic heterocycles. The molecule has 0 aromatic rings. The van der Waals surface area contributed by atoms with Crippen molar-refractivity contribution in [2.75, 3.05) is 20.5 Å². The number of unbranched alkanes of at least 4 members (excludes halogenated alkanes) is 9. The van der Waals surface area contributed by atoms with Gasteiger partial charge in [0.1, 0.15) is 6.79 Å².